The summed E-state index contributed by atoms with van der Waals surface area (Å²) < 4.78 is 46.0. The lowest BCUT2D eigenvalue weighted by Gasteiger charge is -2.05. The number of aromatic nitrogens is 2. The van der Waals surface area contributed by atoms with Crippen molar-refractivity contribution in [3.05, 3.63) is 35.7 Å². The van der Waals surface area contributed by atoms with Crippen LogP contribution in [0, 0.1) is 5.82 Å². The zero-order valence-electron chi connectivity index (χ0n) is 11.2. The molecule has 0 aliphatic carbocycles. The minimum Gasteiger partial charge on any atom is -0.482 e. The highest BCUT2D eigenvalue weighted by atomic mass is 35.7. The number of ether oxygens (including phenoxy) is 1. The molecule has 0 fully saturated rings. The summed E-state index contributed by atoms with van der Waals surface area (Å²) in [5.74, 6) is -0.166. The normalized spacial score (nSPS) is 11.9. The molecule has 1 aromatic heterocycles. The van der Waals surface area contributed by atoms with Crippen molar-refractivity contribution in [3.63, 3.8) is 0 Å². The first kappa shape index (κ1) is 15.7. The lowest BCUT2D eigenvalue weighted by molar-refractivity contribution is 0.271. The van der Waals surface area contributed by atoms with Crippen LogP contribution in [0.2, 0.25) is 0 Å². The molecular weight excluding hydrogens is 323 g/mol. The van der Waals surface area contributed by atoms with Crippen molar-refractivity contribution in [1.82, 2.24) is 10.1 Å². The molecule has 1 aromatic carbocycles. The van der Waals surface area contributed by atoms with E-state index in [9.17, 15) is 12.8 Å². The number of hydrogen-bond acceptors (Lipinski definition) is 6. The van der Waals surface area contributed by atoms with E-state index in [2.05, 4.69) is 10.1 Å². The van der Waals surface area contributed by atoms with Gasteiger partial charge in [-0.1, -0.05) is 19.0 Å². The van der Waals surface area contributed by atoms with E-state index in [1.165, 1.54) is 6.07 Å². The first-order chi connectivity index (χ1) is 9.77. The number of nitrogens with zero attached hydrogens (tertiary/aromatic N) is 2. The molecular formula is C12H12ClFN2O4S. The van der Waals surface area contributed by atoms with Crippen molar-refractivity contribution in [2.75, 3.05) is 0 Å². The van der Waals surface area contributed by atoms with Gasteiger partial charge in [0, 0.05) is 16.6 Å². The van der Waals surface area contributed by atoms with E-state index in [4.69, 9.17) is 19.9 Å². The minimum atomic E-state index is -3.98. The molecule has 0 saturated carbocycles. The van der Waals surface area contributed by atoms with Crippen molar-refractivity contribution in [2.24, 2.45) is 0 Å². The zero-order chi connectivity index (χ0) is 15.6. The molecule has 0 amide bonds. The van der Waals surface area contributed by atoms with E-state index >= 15 is 0 Å². The molecule has 0 radical (unpaired) electrons. The third-order valence-electron chi connectivity index (χ3n) is 2.52. The number of hydrogen-bond donors (Lipinski definition) is 0. The molecule has 1 heterocycles. The van der Waals surface area contributed by atoms with E-state index in [1.807, 2.05) is 13.8 Å². The topological polar surface area (TPSA) is 82.3 Å². The van der Waals surface area contributed by atoms with Gasteiger partial charge in [0.1, 0.15) is 0 Å². The summed E-state index contributed by atoms with van der Waals surface area (Å²) in [5.41, 5.74) is 0. The van der Waals surface area contributed by atoms with Crippen LogP contribution in [-0.2, 0) is 15.7 Å². The van der Waals surface area contributed by atoms with Gasteiger partial charge >= 0.3 is 0 Å². The van der Waals surface area contributed by atoms with E-state index in [1.54, 1.807) is 0 Å². The Labute approximate surface area is 125 Å². The largest absolute Gasteiger partial charge is 0.482 e. The maximum Gasteiger partial charge on any atom is 0.261 e. The van der Waals surface area contributed by atoms with E-state index in [0.29, 0.717) is 5.89 Å². The molecule has 0 aliphatic rings. The first-order valence-electron chi connectivity index (χ1n) is 5.97. The second-order valence-corrected chi connectivity index (χ2v) is 7.09. The summed E-state index contributed by atoms with van der Waals surface area (Å²) in [6.07, 6.45) is 0. The predicted molar refractivity (Wildman–Crippen MR) is 72.2 cm³/mol. The molecule has 9 heteroatoms. The van der Waals surface area contributed by atoms with Crippen LogP contribution < -0.4 is 4.74 Å². The fourth-order valence-electron chi connectivity index (χ4n) is 1.45. The summed E-state index contributed by atoms with van der Waals surface area (Å²) in [6.45, 7) is 3.69. The van der Waals surface area contributed by atoms with Crippen LogP contribution in [0.4, 0.5) is 4.39 Å². The minimum absolute atomic E-state index is 0.0798. The molecule has 0 bridgehead atoms. The highest BCUT2D eigenvalue weighted by molar-refractivity contribution is 8.13. The van der Waals surface area contributed by atoms with Gasteiger partial charge in [0.2, 0.25) is 11.7 Å². The second kappa shape index (κ2) is 5.98. The van der Waals surface area contributed by atoms with Crippen molar-refractivity contribution in [1.29, 1.82) is 0 Å². The van der Waals surface area contributed by atoms with Gasteiger partial charge in [0.15, 0.2) is 18.2 Å². The van der Waals surface area contributed by atoms with Crippen molar-refractivity contribution < 1.29 is 22.1 Å². The standard InChI is InChI=1S/C12H12ClFN2O4S/c1-7(2)12-15-11(16-20-12)6-19-10-4-3-8(5-9(10)14)21(13,17)18/h3-5,7H,6H2,1-2H3. The van der Waals surface area contributed by atoms with Crippen molar-refractivity contribution >= 4 is 19.7 Å². The Kier molecular flexibility index (Phi) is 4.48. The van der Waals surface area contributed by atoms with Crippen LogP contribution in [0.25, 0.3) is 0 Å². The van der Waals surface area contributed by atoms with Gasteiger partial charge < -0.3 is 9.26 Å². The van der Waals surface area contributed by atoms with Gasteiger partial charge in [-0.05, 0) is 18.2 Å². The average molecular weight is 335 g/mol. The molecule has 2 rings (SSSR count). The predicted octanol–water partition coefficient (Wildman–Crippen LogP) is 2.84. The van der Waals surface area contributed by atoms with Crippen LogP contribution in [0.15, 0.2) is 27.6 Å². The number of benzene rings is 1. The van der Waals surface area contributed by atoms with E-state index < -0.39 is 14.9 Å². The van der Waals surface area contributed by atoms with Crippen LogP contribution in [-0.4, -0.2) is 18.6 Å². The summed E-state index contributed by atoms with van der Waals surface area (Å²) in [4.78, 5) is 3.73. The Balaban J connectivity index is 2.09. The fraction of sp³-hybridized carbons (Fsp3) is 0.333. The smallest absolute Gasteiger partial charge is 0.261 e. The molecule has 0 saturated heterocycles. The highest BCUT2D eigenvalue weighted by Gasteiger charge is 2.15. The van der Waals surface area contributed by atoms with Crippen LogP contribution >= 0.6 is 10.7 Å². The Morgan fingerprint density at radius 1 is 1.43 bits per heavy atom. The van der Waals surface area contributed by atoms with E-state index in [0.717, 1.165) is 12.1 Å². The summed E-state index contributed by atoms with van der Waals surface area (Å²) in [6, 6.07) is 3.11. The lowest BCUT2D eigenvalue weighted by Crippen LogP contribution is -2.01. The molecule has 6 nitrogen and oxygen atoms in total. The third-order valence-corrected chi connectivity index (χ3v) is 3.87. The molecule has 21 heavy (non-hydrogen) atoms. The zero-order valence-corrected chi connectivity index (χ0v) is 12.8. The monoisotopic (exact) mass is 334 g/mol. The maximum absolute atomic E-state index is 13.7. The fourth-order valence-corrected chi connectivity index (χ4v) is 2.22. The van der Waals surface area contributed by atoms with Crippen LogP contribution in [0.1, 0.15) is 31.5 Å². The molecule has 0 N–H and O–H groups in total. The van der Waals surface area contributed by atoms with Gasteiger partial charge in [-0.15, -0.1) is 0 Å². The number of halogens is 2. The molecule has 0 spiro atoms. The Bertz CT molecular complexity index is 745. The molecule has 2 aromatic rings. The average Bonchev–Trinajstić information content (AvgIpc) is 2.85. The molecule has 0 unspecified atom stereocenters. The van der Waals surface area contributed by atoms with Crippen molar-refractivity contribution in [2.45, 2.75) is 31.3 Å². The molecule has 0 aliphatic heterocycles. The Morgan fingerprint density at radius 3 is 2.67 bits per heavy atom. The third kappa shape index (κ3) is 3.92. The highest BCUT2D eigenvalue weighted by Crippen LogP contribution is 2.24. The molecule has 114 valence electrons. The SMILES string of the molecule is CC(C)c1nc(COc2ccc(S(=O)(=O)Cl)cc2F)no1. The van der Waals surface area contributed by atoms with Gasteiger partial charge in [0.25, 0.3) is 9.05 Å². The molecule has 0 atom stereocenters. The Morgan fingerprint density at radius 2 is 2.14 bits per heavy atom. The number of rotatable bonds is 5. The maximum atomic E-state index is 13.7. The summed E-state index contributed by atoms with van der Waals surface area (Å²) >= 11 is 0. The van der Waals surface area contributed by atoms with Gasteiger partial charge in [-0.25, -0.2) is 12.8 Å². The van der Waals surface area contributed by atoms with Gasteiger partial charge in [0.05, 0.1) is 4.90 Å². The summed E-state index contributed by atoms with van der Waals surface area (Å²) in [7, 11) is 1.14. The van der Waals surface area contributed by atoms with Crippen LogP contribution in [0.5, 0.6) is 5.75 Å². The van der Waals surface area contributed by atoms with Gasteiger partial charge in [-0.3, -0.25) is 0 Å². The quantitative estimate of drug-likeness (QED) is 0.782. The lowest BCUT2D eigenvalue weighted by atomic mass is 10.2. The Hall–Kier alpha value is -1.67. The van der Waals surface area contributed by atoms with Crippen molar-refractivity contribution in [3.8, 4) is 5.75 Å². The second-order valence-electron chi connectivity index (χ2n) is 4.52. The summed E-state index contributed by atoms with van der Waals surface area (Å²) in [5, 5.41) is 3.69. The van der Waals surface area contributed by atoms with Crippen LogP contribution in [0.3, 0.4) is 0 Å². The van der Waals surface area contributed by atoms with Gasteiger partial charge in [-0.2, -0.15) is 4.98 Å². The van der Waals surface area contributed by atoms with E-state index in [-0.39, 0.29) is 29.0 Å². The first-order valence-corrected chi connectivity index (χ1v) is 8.28.